The minimum Gasteiger partial charge on any atom is -0.507 e. The number of hydrogen-bond acceptors (Lipinski definition) is 8. The Balaban J connectivity index is 1.53. The standard InChI is InChI=1S/C26H20N2O6S/c1-13-10-14(2)21-19(11-13)35-26(27-21)28-22(17-4-3-7-32-17)20(24(30)25(28)31)23(29)15-5-6-16-18(12-15)34-9-8-33-16/h3-7,10-12,22,29H,8-9H2,1-2H3. The van der Waals surface area contributed by atoms with Crippen LogP contribution in [0.4, 0.5) is 5.13 Å². The molecule has 4 heterocycles. The van der Waals surface area contributed by atoms with E-state index < -0.39 is 17.7 Å². The first-order valence-electron chi connectivity index (χ1n) is 11.0. The molecule has 1 atom stereocenters. The van der Waals surface area contributed by atoms with E-state index in [1.807, 2.05) is 26.0 Å². The summed E-state index contributed by atoms with van der Waals surface area (Å²) in [6.45, 7) is 4.76. The van der Waals surface area contributed by atoms with Crippen LogP contribution in [0.15, 0.2) is 58.7 Å². The molecule has 0 spiro atoms. The number of amides is 1. The van der Waals surface area contributed by atoms with Gasteiger partial charge in [0.15, 0.2) is 16.6 Å². The Morgan fingerprint density at radius 2 is 1.89 bits per heavy atom. The van der Waals surface area contributed by atoms with Crippen LogP contribution in [0, 0.1) is 13.8 Å². The van der Waals surface area contributed by atoms with Gasteiger partial charge in [-0.3, -0.25) is 14.5 Å². The summed E-state index contributed by atoms with van der Waals surface area (Å²) in [5, 5.41) is 11.6. The average molecular weight is 489 g/mol. The number of furan rings is 1. The minimum atomic E-state index is -0.972. The number of ether oxygens (including phenoxy) is 2. The molecule has 0 bridgehead atoms. The van der Waals surface area contributed by atoms with Gasteiger partial charge in [-0.1, -0.05) is 17.4 Å². The molecule has 2 aromatic heterocycles. The summed E-state index contributed by atoms with van der Waals surface area (Å²) < 4.78 is 17.7. The summed E-state index contributed by atoms with van der Waals surface area (Å²) in [7, 11) is 0. The molecule has 1 N–H and O–H groups in total. The van der Waals surface area contributed by atoms with E-state index in [0.29, 0.717) is 41.2 Å². The van der Waals surface area contributed by atoms with Gasteiger partial charge < -0.3 is 19.0 Å². The van der Waals surface area contributed by atoms with Crippen LogP contribution < -0.4 is 14.4 Å². The lowest BCUT2D eigenvalue weighted by atomic mass is 9.99. The second kappa shape index (κ2) is 7.99. The number of benzene rings is 2. The average Bonchev–Trinajstić information content (AvgIpc) is 3.57. The number of anilines is 1. The Morgan fingerprint density at radius 1 is 1.09 bits per heavy atom. The Kier molecular flexibility index (Phi) is 4.89. The molecule has 1 amide bonds. The fourth-order valence-electron chi connectivity index (χ4n) is 4.55. The van der Waals surface area contributed by atoms with Gasteiger partial charge in [0.2, 0.25) is 0 Å². The molecule has 2 aliphatic heterocycles. The van der Waals surface area contributed by atoms with Crippen molar-refractivity contribution in [2.45, 2.75) is 19.9 Å². The molecule has 1 unspecified atom stereocenters. The number of carbonyl (C=O) groups is 2. The molecule has 1 fully saturated rings. The Labute approximate surface area is 204 Å². The van der Waals surface area contributed by atoms with Crippen LogP contribution in [-0.2, 0) is 9.59 Å². The Bertz CT molecular complexity index is 1530. The molecule has 176 valence electrons. The molecule has 1 saturated heterocycles. The number of fused-ring (bicyclic) bond motifs is 2. The summed E-state index contributed by atoms with van der Waals surface area (Å²) >= 11 is 1.32. The Morgan fingerprint density at radius 3 is 2.66 bits per heavy atom. The highest BCUT2D eigenvalue weighted by atomic mass is 32.1. The first-order chi connectivity index (χ1) is 16.9. The number of thiazole rings is 1. The zero-order valence-corrected chi connectivity index (χ0v) is 19.7. The summed E-state index contributed by atoms with van der Waals surface area (Å²) in [6.07, 6.45) is 1.46. The first kappa shape index (κ1) is 21.4. The third kappa shape index (κ3) is 3.38. The van der Waals surface area contributed by atoms with Gasteiger partial charge >= 0.3 is 5.91 Å². The molecule has 0 aliphatic carbocycles. The van der Waals surface area contributed by atoms with Crippen LogP contribution >= 0.6 is 11.3 Å². The van der Waals surface area contributed by atoms with Crippen molar-refractivity contribution in [3.05, 3.63) is 76.8 Å². The van der Waals surface area contributed by atoms with Crippen molar-refractivity contribution in [2.24, 2.45) is 0 Å². The quantitative estimate of drug-likeness (QED) is 0.248. The lowest BCUT2D eigenvalue weighted by Gasteiger charge is -2.21. The Hall–Kier alpha value is -4.11. The predicted molar refractivity (Wildman–Crippen MR) is 130 cm³/mol. The predicted octanol–water partition coefficient (Wildman–Crippen LogP) is 4.90. The maximum absolute atomic E-state index is 13.3. The molecular formula is C26H20N2O6S. The van der Waals surface area contributed by atoms with E-state index in [-0.39, 0.29) is 11.3 Å². The smallest absolute Gasteiger partial charge is 0.302 e. The number of carbonyl (C=O) groups excluding carboxylic acids is 2. The van der Waals surface area contributed by atoms with Gasteiger partial charge in [0.25, 0.3) is 5.78 Å². The van der Waals surface area contributed by atoms with Gasteiger partial charge in [0.1, 0.15) is 30.8 Å². The van der Waals surface area contributed by atoms with E-state index in [1.165, 1.54) is 22.5 Å². The second-order valence-corrected chi connectivity index (χ2v) is 9.48. The number of Topliss-reactive ketones (excluding diaryl/α,β-unsaturated/α-hetero) is 1. The van der Waals surface area contributed by atoms with Gasteiger partial charge in [-0.15, -0.1) is 0 Å². The highest BCUT2D eigenvalue weighted by Gasteiger charge is 2.49. The van der Waals surface area contributed by atoms with E-state index >= 15 is 0 Å². The zero-order chi connectivity index (χ0) is 24.3. The van der Waals surface area contributed by atoms with Crippen LogP contribution in [0.5, 0.6) is 11.5 Å². The fraction of sp³-hybridized carbons (Fsp3) is 0.192. The molecular weight excluding hydrogens is 468 g/mol. The van der Waals surface area contributed by atoms with Gasteiger partial charge in [-0.25, -0.2) is 4.98 Å². The number of nitrogens with zero attached hydrogens (tertiary/aromatic N) is 2. The molecule has 9 heteroatoms. The van der Waals surface area contributed by atoms with Crippen molar-refractivity contribution < 1.29 is 28.6 Å². The molecule has 0 saturated carbocycles. The molecule has 8 nitrogen and oxygen atoms in total. The molecule has 2 aromatic carbocycles. The van der Waals surface area contributed by atoms with Crippen molar-refractivity contribution in [3.8, 4) is 11.5 Å². The fourth-order valence-corrected chi connectivity index (χ4v) is 5.72. The molecule has 35 heavy (non-hydrogen) atoms. The SMILES string of the molecule is Cc1cc(C)c2nc(N3C(=O)C(=O)C(=C(O)c4ccc5c(c4)OCCO5)C3c3ccco3)sc2c1. The molecule has 2 aliphatic rings. The van der Waals surface area contributed by atoms with Gasteiger partial charge in [-0.2, -0.15) is 0 Å². The van der Waals surface area contributed by atoms with E-state index in [4.69, 9.17) is 18.9 Å². The highest BCUT2D eigenvalue weighted by Crippen LogP contribution is 2.45. The molecule has 4 aromatic rings. The monoisotopic (exact) mass is 488 g/mol. The van der Waals surface area contributed by atoms with E-state index in [1.54, 1.807) is 30.3 Å². The van der Waals surface area contributed by atoms with Crippen molar-refractivity contribution >= 4 is 44.1 Å². The summed E-state index contributed by atoms with van der Waals surface area (Å²) in [4.78, 5) is 32.6. The number of hydrogen-bond donors (Lipinski definition) is 1. The number of aromatic nitrogens is 1. The largest absolute Gasteiger partial charge is 0.507 e. The van der Waals surface area contributed by atoms with Crippen LogP contribution in [0.2, 0.25) is 0 Å². The van der Waals surface area contributed by atoms with Crippen molar-refractivity contribution in [2.75, 3.05) is 18.1 Å². The zero-order valence-electron chi connectivity index (χ0n) is 18.9. The number of aliphatic hydroxyl groups excluding tert-OH is 1. The maximum atomic E-state index is 13.3. The van der Waals surface area contributed by atoms with Gasteiger partial charge in [0, 0.05) is 5.56 Å². The summed E-state index contributed by atoms with van der Waals surface area (Å²) in [5.74, 6) is -0.560. The number of ketones is 1. The third-order valence-electron chi connectivity index (χ3n) is 6.10. The second-order valence-electron chi connectivity index (χ2n) is 8.47. The number of rotatable bonds is 3. The van der Waals surface area contributed by atoms with Gasteiger partial charge in [-0.05, 0) is 61.4 Å². The lowest BCUT2D eigenvalue weighted by Crippen LogP contribution is -2.29. The molecule has 0 radical (unpaired) electrons. The van der Waals surface area contributed by atoms with Crippen LogP contribution in [0.3, 0.4) is 0 Å². The number of aryl methyl sites for hydroxylation is 2. The van der Waals surface area contributed by atoms with Crippen LogP contribution in [0.25, 0.3) is 16.0 Å². The van der Waals surface area contributed by atoms with Crippen LogP contribution in [0.1, 0.15) is 28.5 Å². The van der Waals surface area contributed by atoms with E-state index in [0.717, 1.165) is 21.3 Å². The van der Waals surface area contributed by atoms with Crippen molar-refractivity contribution in [1.82, 2.24) is 4.98 Å². The maximum Gasteiger partial charge on any atom is 0.302 e. The molecule has 6 rings (SSSR count). The first-order valence-corrected chi connectivity index (χ1v) is 11.9. The topological polar surface area (TPSA) is 102 Å². The summed E-state index contributed by atoms with van der Waals surface area (Å²) in [6, 6.07) is 11.3. The third-order valence-corrected chi connectivity index (χ3v) is 7.10. The summed E-state index contributed by atoms with van der Waals surface area (Å²) in [5.41, 5.74) is 3.08. The highest BCUT2D eigenvalue weighted by molar-refractivity contribution is 7.22. The number of aliphatic hydroxyl groups is 1. The van der Waals surface area contributed by atoms with E-state index in [2.05, 4.69) is 0 Å². The van der Waals surface area contributed by atoms with Crippen LogP contribution in [-0.4, -0.2) is 35.0 Å². The minimum absolute atomic E-state index is 0.0752. The van der Waals surface area contributed by atoms with Crippen molar-refractivity contribution in [1.29, 1.82) is 0 Å². The van der Waals surface area contributed by atoms with Gasteiger partial charge in [0.05, 0.1) is 22.1 Å². The van der Waals surface area contributed by atoms with E-state index in [9.17, 15) is 14.7 Å². The normalized spacial score (nSPS) is 19.0. The van der Waals surface area contributed by atoms with Crippen molar-refractivity contribution in [3.63, 3.8) is 0 Å². The lowest BCUT2D eigenvalue weighted by molar-refractivity contribution is -0.132.